The van der Waals surface area contributed by atoms with E-state index in [1.807, 2.05) is 6.07 Å². The number of carbonyl (C=O) groups excluding carboxylic acids is 1. The molecule has 5 heteroatoms. The van der Waals surface area contributed by atoms with Gasteiger partial charge in [0.05, 0.1) is 5.56 Å². The van der Waals surface area contributed by atoms with Crippen molar-refractivity contribution in [2.75, 3.05) is 7.11 Å². The van der Waals surface area contributed by atoms with Crippen LogP contribution in [0.1, 0.15) is 73.7 Å². The first-order valence-corrected chi connectivity index (χ1v) is 9.78. The van der Waals surface area contributed by atoms with E-state index in [-0.39, 0.29) is 22.1 Å². The Bertz CT molecular complexity index is 925. The quantitative estimate of drug-likeness (QED) is 0.567. The number of benzene rings is 2. The lowest BCUT2D eigenvalue weighted by Gasteiger charge is -2.42. The van der Waals surface area contributed by atoms with E-state index in [1.54, 1.807) is 0 Å². The van der Waals surface area contributed by atoms with E-state index in [9.17, 15) is 9.59 Å². The van der Waals surface area contributed by atoms with Gasteiger partial charge in [-0.05, 0) is 64.6 Å². The summed E-state index contributed by atoms with van der Waals surface area (Å²) in [7, 11) is 1.48. The van der Waals surface area contributed by atoms with Crippen molar-refractivity contribution in [1.82, 2.24) is 0 Å². The van der Waals surface area contributed by atoms with Crippen molar-refractivity contribution >= 4 is 11.9 Å². The first kappa shape index (κ1) is 21.1. The molecule has 29 heavy (non-hydrogen) atoms. The molecular formula is C24H28O5. The van der Waals surface area contributed by atoms with E-state index in [0.29, 0.717) is 0 Å². The monoisotopic (exact) mass is 396 g/mol. The number of carboxylic acid groups (broad SMARTS) is 1. The van der Waals surface area contributed by atoms with Crippen molar-refractivity contribution in [3.05, 3.63) is 64.7 Å². The van der Waals surface area contributed by atoms with Gasteiger partial charge < -0.3 is 14.6 Å². The number of esters is 1. The fraction of sp³-hybridized carbons (Fsp3) is 0.417. The van der Waals surface area contributed by atoms with E-state index in [0.717, 1.165) is 18.4 Å². The highest BCUT2D eigenvalue weighted by Crippen LogP contribution is 2.46. The highest BCUT2D eigenvalue weighted by atomic mass is 16.6. The molecule has 1 unspecified atom stereocenters. The molecule has 0 spiro atoms. The van der Waals surface area contributed by atoms with Crippen LogP contribution in [0.2, 0.25) is 0 Å². The summed E-state index contributed by atoms with van der Waals surface area (Å²) in [6.45, 7) is 8.97. The molecule has 1 atom stereocenters. The highest BCUT2D eigenvalue weighted by Gasteiger charge is 2.37. The van der Waals surface area contributed by atoms with Gasteiger partial charge >= 0.3 is 11.9 Å². The third-order valence-corrected chi connectivity index (χ3v) is 5.95. The smallest absolute Gasteiger partial charge is 0.345 e. The third kappa shape index (κ3) is 4.20. The normalized spacial score (nSPS) is 17.8. The van der Waals surface area contributed by atoms with Gasteiger partial charge in [-0.1, -0.05) is 45.9 Å². The Hall–Kier alpha value is -2.66. The lowest BCUT2D eigenvalue weighted by molar-refractivity contribution is -0.146. The number of methoxy groups -OCH3 is 1. The second-order valence-electron chi connectivity index (χ2n) is 8.94. The minimum absolute atomic E-state index is 0.0235. The zero-order valence-electron chi connectivity index (χ0n) is 17.6. The molecule has 0 saturated carbocycles. The molecule has 5 nitrogen and oxygen atoms in total. The van der Waals surface area contributed by atoms with Crippen LogP contribution in [0, 0.1) is 0 Å². The number of hydrogen-bond acceptors (Lipinski definition) is 4. The number of carboxylic acids is 1. The average Bonchev–Trinajstić information content (AvgIpc) is 2.66. The Morgan fingerprint density at radius 2 is 1.52 bits per heavy atom. The lowest BCUT2D eigenvalue weighted by atomic mass is 9.63. The zero-order valence-corrected chi connectivity index (χ0v) is 17.6. The van der Waals surface area contributed by atoms with E-state index in [4.69, 9.17) is 14.6 Å². The number of aromatic carboxylic acids is 1. The minimum Gasteiger partial charge on any atom is -0.478 e. The van der Waals surface area contributed by atoms with Crippen molar-refractivity contribution in [1.29, 1.82) is 0 Å². The molecule has 0 aliphatic heterocycles. The van der Waals surface area contributed by atoms with Gasteiger partial charge in [-0.3, -0.25) is 0 Å². The molecule has 0 heterocycles. The Morgan fingerprint density at radius 3 is 2.07 bits per heavy atom. The lowest BCUT2D eigenvalue weighted by Crippen LogP contribution is -2.34. The standard InChI is InChI=1S/C24H28O5/c1-23(2)12-13-24(3,4)19-14-16(8-11-18(19)23)20(28-5)22(27)29-17-9-6-15(7-10-17)21(25)26/h6-11,14,20H,12-13H2,1-5H3,(H,25,26). The van der Waals surface area contributed by atoms with Crippen molar-refractivity contribution in [3.8, 4) is 5.75 Å². The predicted octanol–water partition coefficient (Wildman–Crippen LogP) is 5.03. The topological polar surface area (TPSA) is 72.8 Å². The van der Waals surface area contributed by atoms with Crippen molar-refractivity contribution < 1.29 is 24.2 Å². The fourth-order valence-corrected chi connectivity index (χ4v) is 3.97. The van der Waals surface area contributed by atoms with Gasteiger partial charge in [0.25, 0.3) is 0 Å². The first-order chi connectivity index (χ1) is 13.5. The van der Waals surface area contributed by atoms with E-state index in [1.165, 1.54) is 42.5 Å². The maximum Gasteiger partial charge on any atom is 0.345 e. The van der Waals surface area contributed by atoms with Crippen LogP contribution in [0.4, 0.5) is 0 Å². The summed E-state index contributed by atoms with van der Waals surface area (Å²) >= 11 is 0. The van der Waals surface area contributed by atoms with Crippen molar-refractivity contribution in [2.45, 2.75) is 57.5 Å². The van der Waals surface area contributed by atoms with Gasteiger partial charge in [0, 0.05) is 7.11 Å². The summed E-state index contributed by atoms with van der Waals surface area (Å²) in [5.41, 5.74) is 3.56. The molecule has 1 N–H and O–H groups in total. The molecule has 0 fully saturated rings. The Kier molecular flexibility index (Phi) is 5.54. The highest BCUT2D eigenvalue weighted by molar-refractivity contribution is 5.88. The van der Waals surface area contributed by atoms with Crippen LogP contribution in [-0.4, -0.2) is 24.2 Å². The number of carbonyl (C=O) groups is 2. The summed E-state index contributed by atoms with van der Waals surface area (Å²) in [5, 5.41) is 8.98. The summed E-state index contributed by atoms with van der Waals surface area (Å²) in [4.78, 5) is 23.7. The summed E-state index contributed by atoms with van der Waals surface area (Å²) in [6, 6.07) is 11.8. The van der Waals surface area contributed by atoms with Crippen molar-refractivity contribution in [3.63, 3.8) is 0 Å². The molecular weight excluding hydrogens is 368 g/mol. The Morgan fingerprint density at radius 1 is 0.931 bits per heavy atom. The average molecular weight is 396 g/mol. The second-order valence-corrected chi connectivity index (χ2v) is 8.94. The van der Waals surface area contributed by atoms with Crippen LogP contribution >= 0.6 is 0 Å². The molecule has 1 aliphatic carbocycles. The van der Waals surface area contributed by atoms with Crippen LogP contribution in [0.5, 0.6) is 5.75 Å². The van der Waals surface area contributed by atoms with Gasteiger partial charge in [0.15, 0.2) is 6.10 Å². The number of fused-ring (bicyclic) bond motifs is 1. The molecule has 0 saturated heterocycles. The molecule has 0 radical (unpaired) electrons. The summed E-state index contributed by atoms with van der Waals surface area (Å²) in [5.74, 6) is -1.29. The molecule has 3 rings (SSSR count). The third-order valence-electron chi connectivity index (χ3n) is 5.95. The maximum atomic E-state index is 12.8. The summed E-state index contributed by atoms with van der Waals surface area (Å²) < 4.78 is 10.9. The maximum absolute atomic E-state index is 12.8. The number of ether oxygens (including phenoxy) is 2. The molecule has 0 aromatic heterocycles. The minimum atomic E-state index is -1.03. The van der Waals surface area contributed by atoms with Gasteiger partial charge in [0.2, 0.25) is 0 Å². The van der Waals surface area contributed by atoms with Crippen LogP contribution in [0.3, 0.4) is 0 Å². The first-order valence-electron chi connectivity index (χ1n) is 9.78. The Balaban J connectivity index is 1.88. The second kappa shape index (κ2) is 7.64. The molecule has 154 valence electrons. The fourth-order valence-electron chi connectivity index (χ4n) is 3.97. The molecule has 0 bridgehead atoms. The van der Waals surface area contributed by atoms with E-state index < -0.39 is 18.0 Å². The van der Waals surface area contributed by atoms with E-state index >= 15 is 0 Å². The van der Waals surface area contributed by atoms with Crippen molar-refractivity contribution in [2.24, 2.45) is 0 Å². The van der Waals surface area contributed by atoms with Crippen LogP contribution in [0.25, 0.3) is 0 Å². The predicted molar refractivity (Wildman–Crippen MR) is 111 cm³/mol. The van der Waals surface area contributed by atoms with Crippen LogP contribution in [-0.2, 0) is 20.4 Å². The molecule has 2 aromatic rings. The van der Waals surface area contributed by atoms with E-state index in [2.05, 4.69) is 39.8 Å². The van der Waals surface area contributed by atoms with Gasteiger partial charge in [0.1, 0.15) is 5.75 Å². The zero-order chi connectivity index (χ0) is 21.4. The van der Waals surface area contributed by atoms with Gasteiger partial charge in [-0.25, -0.2) is 9.59 Å². The largest absolute Gasteiger partial charge is 0.478 e. The van der Waals surface area contributed by atoms with Crippen LogP contribution in [0.15, 0.2) is 42.5 Å². The van der Waals surface area contributed by atoms with Gasteiger partial charge in [-0.2, -0.15) is 0 Å². The van der Waals surface area contributed by atoms with Crippen LogP contribution < -0.4 is 4.74 Å². The Labute approximate surface area is 171 Å². The number of rotatable bonds is 5. The molecule has 2 aromatic carbocycles. The molecule has 1 aliphatic rings. The SMILES string of the molecule is COC(C(=O)Oc1ccc(C(=O)O)cc1)c1ccc2c(c1)C(C)(C)CCC2(C)C. The summed E-state index contributed by atoms with van der Waals surface area (Å²) in [6.07, 6.45) is 1.34. The van der Waals surface area contributed by atoms with Gasteiger partial charge in [-0.15, -0.1) is 0 Å². The molecule has 0 amide bonds. The number of hydrogen-bond donors (Lipinski definition) is 1.